The Morgan fingerprint density at radius 2 is 1.66 bits per heavy atom. The van der Waals surface area contributed by atoms with Crippen molar-refractivity contribution in [3.63, 3.8) is 0 Å². The van der Waals surface area contributed by atoms with Crippen molar-refractivity contribution in [1.82, 2.24) is 20.1 Å². The number of fused-ring (bicyclic) bond motifs is 2. The van der Waals surface area contributed by atoms with Crippen LogP contribution in [0.4, 0.5) is 10.1 Å². The molecule has 15 heteroatoms. The number of likely N-dealkylation sites (tertiary alicyclic amines) is 1. The van der Waals surface area contributed by atoms with Crippen molar-refractivity contribution in [3.8, 4) is 17.6 Å². The molecule has 3 fully saturated rings. The highest BCUT2D eigenvalue weighted by atomic mass is 19.1. The lowest BCUT2D eigenvalue weighted by molar-refractivity contribution is -0.136. The van der Waals surface area contributed by atoms with Crippen molar-refractivity contribution >= 4 is 52.0 Å². The van der Waals surface area contributed by atoms with Crippen LogP contribution in [0.2, 0.25) is 0 Å². The average molecular weight is 886 g/mol. The number of imide groups is 2. The number of rotatable bonds is 14. The number of halogens is 1. The van der Waals surface area contributed by atoms with Gasteiger partial charge < -0.3 is 24.4 Å². The number of nitrogens with zero attached hydrogens (tertiary/aromatic N) is 3. The van der Waals surface area contributed by atoms with E-state index < -0.39 is 29.7 Å². The zero-order chi connectivity index (χ0) is 45.5. The van der Waals surface area contributed by atoms with Gasteiger partial charge >= 0.3 is 0 Å². The molecule has 4 aliphatic rings. The standard InChI is InChI=1S/C50H52FN5O9/c1-31(32-7-9-33(10-8-32)39-19-23-52-42-16-11-35(51)30-41(39)42)47(59)53-36-12-14-37(15-13-36)65-38-20-24-55(25-21-38)45(58)22-27-64-29-28-63-26-3-5-34-4-2-6-40-46(34)50(62)56(49(40)61)43-17-18-44(57)54-48(43)60/h2,4,6,11-16,19,23,30-33,38,43H,7-10,17-18,20-22,24-29H2,1H3,(H,53,59)(H,54,57,60)/t31-,32-,33+,43?/m1/s1. The molecular formula is C50H52FN5O9. The summed E-state index contributed by atoms with van der Waals surface area (Å²) < 4.78 is 31.4. The number of benzene rings is 3. The largest absolute Gasteiger partial charge is 0.490 e. The van der Waals surface area contributed by atoms with E-state index in [2.05, 4.69) is 27.5 Å². The number of amides is 6. The summed E-state index contributed by atoms with van der Waals surface area (Å²) >= 11 is 0. The van der Waals surface area contributed by atoms with Gasteiger partial charge in [0.2, 0.25) is 23.6 Å². The fourth-order valence-corrected chi connectivity index (χ4v) is 9.34. The molecule has 4 aromatic rings. The summed E-state index contributed by atoms with van der Waals surface area (Å²) in [6.45, 7) is 3.95. The second kappa shape index (κ2) is 20.6. The number of carbonyl (C=O) groups excluding carboxylic acids is 6. The molecule has 1 aliphatic carbocycles. The van der Waals surface area contributed by atoms with Crippen molar-refractivity contribution in [1.29, 1.82) is 0 Å². The fraction of sp³-hybridized carbons (Fsp3) is 0.420. The first-order chi connectivity index (χ1) is 31.5. The minimum absolute atomic E-state index is 0.00666. The van der Waals surface area contributed by atoms with E-state index in [0.29, 0.717) is 48.8 Å². The number of carbonyl (C=O) groups is 6. The smallest absolute Gasteiger partial charge is 0.263 e. The highest BCUT2D eigenvalue weighted by Gasteiger charge is 2.45. The Balaban J connectivity index is 0.687. The number of pyridine rings is 1. The van der Waals surface area contributed by atoms with E-state index in [1.807, 2.05) is 42.2 Å². The molecule has 14 nitrogen and oxygen atoms in total. The number of piperidine rings is 2. The molecule has 3 aromatic carbocycles. The van der Waals surface area contributed by atoms with Crippen molar-refractivity contribution in [2.24, 2.45) is 11.8 Å². The molecule has 0 spiro atoms. The van der Waals surface area contributed by atoms with Crippen LogP contribution in [0.25, 0.3) is 10.9 Å². The molecule has 338 valence electrons. The van der Waals surface area contributed by atoms with E-state index >= 15 is 0 Å². The van der Waals surface area contributed by atoms with Gasteiger partial charge in [-0.05, 0) is 110 Å². The Hall–Kier alpha value is -6.50. The molecule has 3 aliphatic heterocycles. The number of hydrogen-bond donors (Lipinski definition) is 2. The van der Waals surface area contributed by atoms with Gasteiger partial charge in [-0.1, -0.05) is 24.8 Å². The predicted octanol–water partition coefficient (Wildman–Crippen LogP) is 6.17. The first kappa shape index (κ1) is 45.1. The summed E-state index contributed by atoms with van der Waals surface area (Å²) in [5.41, 5.74) is 3.28. The molecule has 2 N–H and O–H groups in total. The lowest BCUT2D eigenvalue weighted by Crippen LogP contribution is -2.54. The predicted molar refractivity (Wildman–Crippen MR) is 237 cm³/mol. The third-order valence-electron chi connectivity index (χ3n) is 13.0. The van der Waals surface area contributed by atoms with Crippen molar-refractivity contribution in [3.05, 3.63) is 101 Å². The number of hydrogen-bond acceptors (Lipinski definition) is 10. The van der Waals surface area contributed by atoms with Gasteiger partial charge in [-0.2, -0.15) is 0 Å². The Morgan fingerprint density at radius 3 is 2.43 bits per heavy atom. The minimum Gasteiger partial charge on any atom is -0.490 e. The molecule has 65 heavy (non-hydrogen) atoms. The summed E-state index contributed by atoms with van der Waals surface area (Å²) in [6.07, 6.45) is 7.24. The molecule has 6 amide bonds. The van der Waals surface area contributed by atoms with Crippen LogP contribution in [0.3, 0.4) is 0 Å². The number of aromatic nitrogens is 1. The molecular weight excluding hydrogens is 834 g/mol. The third kappa shape index (κ3) is 10.6. The first-order valence-corrected chi connectivity index (χ1v) is 22.4. The lowest BCUT2D eigenvalue weighted by Gasteiger charge is -2.32. The summed E-state index contributed by atoms with van der Waals surface area (Å²) in [5.74, 6) is 4.30. The Bertz CT molecular complexity index is 2520. The molecule has 1 saturated carbocycles. The maximum Gasteiger partial charge on any atom is 0.263 e. The zero-order valence-electron chi connectivity index (χ0n) is 36.3. The number of nitrogens with one attached hydrogen (secondary N) is 2. The van der Waals surface area contributed by atoms with Crippen LogP contribution >= 0.6 is 0 Å². The maximum atomic E-state index is 14.0. The Morgan fingerprint density at radius 1 is 0.892 bits per heavy atom. The molecule has 1 unspecified atom stereocenters. The summed E-state index contributed by atoms with van der Waals surface area (Å²) in [5, 5.41) is 6.14. The third-order valence-corrected chi connectivity index (χ3v) is 13.0. The highest BCUT2D eigenvalue weighted by molar-refractivity contribution is 6.24. The van der Waals surface area contributed by atoms with Crippen LogP contribution < -0.4 is 15.4 Å². The zero-order valence-corrected chi connectivity index (χ0v) is 36.3. The molecule has 4 heterocycles. The van der Waals surface area contributed by atoms with Gasteiger partial charge in [0.05, 0.1) is 42.9 Å². The van der Waals surface area contributed by atoms with Gasteiger partial charge in [0.25, 0.3) is 11.8 Å². The lowest BCUT2D eigenvalue weighted by atomic mass is 9.73. The second-order valence-corrected chi connectivity index (χ2v) is 17.1. The summed E-state index contributed by atoms with van der Waals surface area (Å²) in [4.78, 5) is 83.5. The van der Waals surface area contributed by atoms with Crippen LogP contribution in [-0.4, -0.2) is 102 Å². The van der Waals surface area contributed by atoms with E-state index in [4.69, 9.17) is 14.2 Å². The van der Waals surface area contributed by atoms with Gasteiger partial charge in [0, 0.05) is 61.1 Å². The van der Waals surface area contributed by atoms with E-state index in [9.17, 15) is 33.2 Å². The highest BCUT2D eigenvalue weighted by Crippen LogP contribution is 2.41. The topological polar surface area (TPSA) is 174 Å². The second-order valence-electron chi connectivity index (χ2n) is 17.1. The van der Waals surface area contributed by atoms with Crippen LogP contribution in [-0.2, 0) is 28.7 Å². The van der Waals surface area contributed by atoms with Gasteiger partial charge in [-0.3, -0.25) is 44.0 Å². The van der Waals surface area contributed by atoms with Gasteiger partial charge in [0.1, 0.15) is 30.3 Å². The van der Waals surface area contributed by atoms with E-state index in [1.54, 1.807) is 30.5 Å². The first-order valence-electron chi connectivity index (χ1n) is 22.4. The molecule has 0 radical (unpaired) electrons. The van der Waals surface area contributed by atoms with Crippen molar-refractivity contribution in [2.45, 2.75) is 82.8 Å². The van der Waals surface area contributed by atoms with Crippen LogP contribution in [0.15, 0.2) is 72.9 Å². The molecule has 2 saturated heterocycles. The monoisotopic (exact) mass is 885 g/mol. The minimum atomic E-state index is -1.05. The SMILES string of the molecule is C[C@@H](C(=O)Nc1ccc(OC2CCN(C(=O)CCOCCOCC#Cc3cccc4c3C(=O)N(C3CCC(=O)NC3=O)C4=O)CC2)cc1)[C@H]1CC[C@@H](c2ccnc3ccc(F)cc32)CC1. The van der Waals surface area contributed by atoms with Crippen molar-refractivity contribution < 1.29 is 47.4 Å². The quantitative estimate of drug-likeness (QED) is 0.0848. The van der Waals surface area contributed by atoms with Crippen molar-refractivity contribution in [2.75, 3.05) is 44.8 Å². The summed E-state index contributed by atoms with van der Waals surface area (Å²) in [6, 6.07) is 17.9. The molecule has 2 atom stereocenters. The van der Waals surface area contributed by atoms with Crippen LogP contribution in [0.5, 0.6) is 5.75 Å². The van der Waals surface area contributed by atoms with Crippen LogP contribution in [0.1, 0.15) is 102 Å². The van der Waals surface area contributed by atoms with E-state index in [1.165, 1.54) is 12.1 Å². The van der Waals surface area contributed by atoms with E-state index in [-0.39, 0.29) is 92.4 Å². The number of ether oxygens (including phenoxy) is 3. The fourth-order valence-electron chi connectivity index (χ4n) is 9.34. The molecule has 0 bridgehead atoms. The summed E-state index contributed by atoms with van der Waals surface area (Å²) in [7, 11) is 0. The Kier molecular flexibility index (Phi) is 14.3. The normalized spacial score (nSPS) is 20.5. The average Bonchev–Trinajstić information content (AvgIpc) is 3.57. The van der Waals surface area contributed by atoms with Gasteiger partial charge in [-0.15, -0.1) is 0 Å². The number of anilines is 1. The maximum absolute atomic E-state index is 14.0. The van der Waals surface area contributed by atoms with Gasteiger partial charge in [0.15, 0.2) is 0 Å². The Labute approximate surface area is 376 Å². The molecule has 1 aromatic heterocycles. The van der Waals surface area contributed by atoms with Gasteiger partial charge in [-0.25, -0.2) is 4.39 Å². The molecule has 8 rings (SSSR count). The van der Waals surface area contributed by atoms with E-state index in [0.717, 1.165) is 47.0 Å². The van der Waals surface area contributed by atoms with Crippen LogP contribution in [0, 0.1) is 29.5 Å².